The van der Waals surface area contributed by atoms with Crippen molar-refractivity contribution >= 4 is 27.6 Å². The van der Waals surface area contributed by atoms with Crippen LogP contribution in [0.1, 0.15) is 24.2 Å². The number of carboxylic acids is 1. The van der Waals surface area contributed by atoms with Crippen LogP contribution in [0.15, 0.2) is 16.9 Å². The molecule has 1 rings (SSSR count). The summed E-state index contributed by atoms with van der Waals surface area (Å²) < 4.78 is 0.374. The Morgan fingerprint density at radius 3 is 2.60 bits per heavy atom. The molecule has 0 aromatic carbocycles. The second kappa shape index (κ2) is 5.11. The van der Waals surface area contributed by atoms with Crippen LogP contribution in [0, 0.1) is 0 Å². The zero-order valence-electron chi connectivity index (χ0n) is 8.70. The van der Waals surface area contributed by atoms with Crippen LogP contribution in [0.3, 0.4) is 0 Å². The van der Waals surface area contributed by atoms with Gasteiger partial charge in [-0.15, -0.1) is 0 Å². The average Bonchev–Trinajstić information content (AvgIpc) is 2.19. The Morgan fingerprint density at radius 1 is 1.53 bits per heavy atom. The highest BCUT2D eigenvalue weighted by molar-refractivity contribution is 9.10. The van der Waals surface area contributed by atoms with Crippen LogP contribution in [0.4, 0.5) is 5.69 Å². The van der Waals surface area contributed by atoms with E-state index >= 15 is 0 Å². The lowest BCUT2D eigenvalue weighted by molar-refractivity contribution is 0.0696. The van der Waals surface area contributed by atoms with Gasteiger partial charge in [0.2, 0.25) is 0 Å². The quantitative estimate of drug-likeness (QED) is 0.856. The summed E-state index contributed by atoms with van der Waals surface area (Å²) in [4.78, 5) is 17.0. The van der Waals surface area contributed by atoms with Crippen molar-refractivity contribution in [1.29, 1.82) is 0 Å². The minimum atomic E-state index is -0.961. The third-order valence-corrected chi connectivity index (χ3v) is 2.80. The molecule has 0 aliphatic heterocycles. The fourth-order valence-electron chi connectivity index (χ4n) is 1.45. The summed E-state index contributed by atoms with van der Waals surface area (Å²) in [5.74, 6) is -0.961. The highest BCUT2D eigenvalue weighted by Crippen LogP contribution is 2.25. The van der Waals surface area contributed by atoms with E-state index < -0.39 is 5.97 Å². The SMILES string of the molecule is CCN(CC)c1ccnc(Br)c1C(=O)O. The molecule has 0 aliphatic carbocycles. The second-order valence-electron chi connectivity index (χ2n) is 2.97. The van der Waals surface area contributed by atoms with Crippen LogP contribution in [-0.4, -0.2) is 29.1 Å². The van der Waals surface area contributed by atoms with Gasteiger partial charge in [0.25, 0.3) is 0 Å². The first-order chi connectivity index (χ1) is 7.11. The summed E-state index contributed by atoms with van der Waals surface area (Å²) >= 11 is 3.16. The molecule has 4 nitrogen and oxygen atoms in total. The molecule has 1 N–H and O–H groups in total. The van der Waals surface area contributed by atoms with E-state index in [-0.39, 0.29) is 5.56 Å². The smallest absolute Gasteiger partial charge is 0.340 e. The molecule has 0 bridgehead atoms. The predicted octanol–water partition coefficient (Wildman–Crippen LogP) is 2.39. The van der Waals surface area contributed by atoms with Crippen LogP contribution >= 0.6 is 15.9 Å². The van der Waals surface area contributed by atoms with Crippen molar-refractivity contribution in [2.24, 2.45) is 0 Å². The maximum atomic E-state index is 11.1. The van der Waals surface area contributed by atoms with Crippen LogP contribution in [0.2, 0.25) is 0 Å². The zero-order valence-corrected chi connectivity index (χ0v) is 10.3. The number of aromatic carboxylic acids is 1. The Bertz CT molecular complexity index is 364. The number of carboxylic acid groups (broad SMARTS) is 1. The molecule has 0 amide bonds. The van der Waals surface area contributed by atoms with E-state index in [0.717, 1.165) is 13.1 Å². The molecule has 1 heterocycles. The van der Waals surface area contributed by atoms with Crippen molar-refractivity contribution in [3.8, 4) is 0 Å². The van der Waals surface area contributed by atoms with E-state index in [1.807, 2.05) is 18.7 Å². The number of rotatable bonds is 4. The van der Waals surface area contributed by atoms with E-state index in [2.05, 4.69) is 20.9 Å². The van der Waals surface area contributed by atoms with E-state index in [9.17, 15) is 4.79 Å². The van der Waals surface area contributed by atoms with Gasteiger partial charge in [-0.1, -0.05) is 0 Å². The highest BCUT2D eigenvalue weighted by atomic mass is 79.9. The number of hydrogen-bond acceptors (Lipinski definition) is 3. The van der Waals surface area contributed by atoms with Gasteiger partial charge in [-0.25, -0.2) is 9.78 Å². The summed E-state index contributed by atoms with van der Waals surface area (Å²) in [5, 5.41) is 9.09. The van der Waals surface area contributed by atoms with Crippen molar-refractivity contribution in [2.75, 3.05) is 18.0 Å². The second-order valence-corrected chi connectivity index (χ2v) is 3.72. The van der Waals surface area contributed by atoms with Gasteiger partial charge in [0.1, 0.15) is 10.2 Å². The molecule has 82 valence electrons. The van der Waals surface area contributed by atoms with Gasteiger partial charge in [0, 0.05) is 19.3 Å². The third kappa shape index (κ3) is 2.47. The molecule has 1 aromatic rings. The summed E-state index contributed by atoms with van der Waals surface area (Å²) in [5.41, 5.74) is 0.926. The fraction of sp³-hybridized carbons (Fsp3) is 0.400. The summed E-state index contributed by atoms with van der Waals surface area (Å²) in [7, 11) is 0. The van der Waals surface area contributed by atoms with Crippen molar-refractivity contribution in [3.63, 3.8) is 0 Å². The number of hydrogen-bond donors (Lipinski definition) is 1. The lowest BCUT2D eigenvalue weighted by atomic mass is 10.2. The van der Waals surface area contributed by atoms with Gasteiger partial charge < -0.3 is 10.0 Å². The maximum absolute atomic E-state index is 11.1. The largest absolute Gasteiger partial charge is 0.478 e. The topological polar surface area (TPSA) is 53.4 Å². The van der Waals surface area contributed by atoms with Gasteiger partial charge in [0.15, 0.2) is 0 Å². The standard InChI is InChI=1S/C10H13BrN2O2/c1-3-13(4-2)7-5-6-12-9(11)8(7)10(14)15/h5-6H,3-4H2,1-2H3,(H,14,15). The molecule has 0 spiro atoms. The van der Waals surface area contributed by atoms with E-state index in [1.54, 1.807) is 12.3 Å². The number of carbonyl (C=O) groups is 1. The van der Waals surface area contributed by atoms with Gasteiger partial charge in [0.05, 0.1) is 5.69 Å². The molecule has 0 saturated heterocycles. The van der Waals surface area contributed by atoms with E-state index in [1.165, 1.54) is 0 Å². The number of anilines is 1. The molecular formula is C10H13BrN2O2. The van der Waals surface area contributed by atoms with Crippen LogP contribution in [0.5, 0.6) is 0 Å². The van der Waals surface area contributed by atoms with Crippen molar-refractivity contribution < 1.29 is 9.90 Å². The van der Waals surface area contributed by atoms with Crippen LogP contribution < -0.4 is 4.90 Å². The molecule has 0 fully saturated rings. The molecule has 0 radical (unpaired) electrons. The van der Waals surface area contributed by atoms with Gasteiger partial charge in [-0.3, -0.25) is 0 Å². The van der Waals surface area contributed by atoms with E-state index in [4.69, 9.17) is 5.11 Å². The number of halogens is 1. The first-order valence-electron chi connectivity index (χ1n) is 4.74. The normalized spacial score (nSPS) is 10.1. The Hall–Kier alpha value is -1.10. The molecule has 0 aliphatic rings. The summed E-state index contributed by atoms with van der Waals surface area (Å²) in [6.07, 6.45) is 1.60. The lowest BCUT2D eigenvalue weighted by Gasteiger charge is -2.22. The summed E-state index contributed by atoms with van der Waals surface area (Å²) in [6, 6.07) is 1.72. The monoisotopic (exact) mass is 272 g/mol. The minimum absolute atomic E-state index is 0.223. The third-order valence-electron chi connectivity index (χ3n) is 2.20. The molecular weight excluding hydrogens is 260 g/mol. The molecule has 5 heteroatoms. The minimum Gasteiger partial charge on any atom is -0.478 e. The molecule has 0 saturated carbocycles. The first kappa shape index (κ1) is 12.0. The molecule has 15 heavy (non-hydrogen) atoms. The number of aromatic nitrogens is 1. The average molecular weight is 273 g/mol. The first-order valence-corrected chi connectivity index (χ1v) is 5.53. The van der Waals surface area contributed by atoms with Gasteiger partial charge in [-0.05, 0) is 35.8 Å². The Morgan fingerprint density at radius 2 is 2.13 bits per heavy atom. The fourth-order valence-corrected chi connectivity index (χ4v) is 1.94. The van der Waals surface area contributed by atoms with Crippen molar-refractivity contribution in [1.82, 2.24) is 4.98 Å². The molecule has 0 atom stereocenters. The van der Waals surface area contributed by atoms with Crippen molar-refractivity contribution in [2.45, 2.75) is 13.8 Å². The van der Waals surface area contributed by atoms with E-state index in [0.29, 0.717) is 10.3 Å². The predicted molar refractivity (Wildman–Crippen MR) is 62.5 cm³/mol. The van der Waals surface area contributed by atoms with Gasteiger partial charge >= 0.3 is 5.97 Å². The van der Waals surface area contributed by atoms with Crippen molar-refractivity contribution in [3.05, 3.63) is 22.4 Å². The van der Waals surface area contributed by atoms with Crippen LogP contribution in [-0.2, 0) is 0 Å². The number of nitrogens with zero attached hydrogens (tertiary/aromatic N) is 2. The van der Waals surface area contributed by atoms with Crippen LogP contribution in [0.25, 0.3) is 0 Å². The van der Waals surface area contributed by atoms with Gasteiger partial charge in [-0.2, -0.15) is 0 Å². The zero-order chi connectivity index (χ0) is 11.4. The Labute approximate surface area is 97.1 Å². The Balaban J connectivity index is 3.27. The Kier molecular flexibility index (Phi) is 4.08. The maximum Gasteiger partial charge on any atom is 0.340 e. The summed E-state index contributed by atoms with van der Waals surface area (Å²) in [6.45, 7) is 5.52. The lowest BCUT2D eigenvalue weighted by Crippen LogP contribution is -2.24. The highest BCUT2D eigenvalue weighted by Gasteiger charge is 2.17. The molecule has 1 aromatic heterocycles. The molecule has 0 unspecified atom stereocenters. The number of pyridine rings is 1.